The van der Waals surface area contributed by atoms with Gasteiger partial charge in [0.1, 0.15) is 0 Å². The lowest BCUT2D eigenvalue weighted by atomic mass is 10.3. The van der Waals surface area contributed by atoms with E-state index in [1.165, 1.54) is 6.08 Å². The molecule has 2 aliphatic heterocycles. The minimum Gasteiger partial charge on any atom is -0.449 e. The highest BCUT2D eigenvalue weighted by molar-refractivity contribution is 5.77. The monoisotopic (exact) mass is 140 g/mol. The normalized spacial score (nSPS) is 41.2. The van der Waals surface area contributed by atoms with Gasteiger partial charge in [-0.3, -0.25) is 9.59 Å². The summed E-state index contributed by atoms with van der Waals surface area (Å²) in [6.07, 6.45) is 2.28. The third-order valence-corrected chi connectivity index (χ3v) is 1.52. The van der Waals surface area contributed by atoms with Crippen LogP contribution < -0.4 is 0 Å². The molecule has 52 valence electrons. The lowest BCUT2D eigenvalue weighted by molar-refractivity contribution is -0.127. The Morgan fingerprint density at radius 3 is 2.80 bits per heavy atom. The molecule has 0 aromatic carbocycles. The highest BCUT2D eigenvalue weighted by Gasteiger charge is 2.63. The Hall–Kier alpha value is -1.16. The molecule has 0 bridgehead atoms. The molecular formula is C6H4O4. The van der Waals surface area contributed by atoms with Crippen LogP contribution in [0.1, 0.15) is 0 Å². The van der Waals surface area contributed by atoms with Gasteiger partial charge in [0, 0.05) is 0 Å². The number of hydrogen-bond donors (Lipinski definition) is 0. The molecule has 0 N–H and O–H groups in total. The van der Waals surface area contributed by atoms with E-state index in [1.54, 1.807) is 0 Å². The molecule has 0 radical (unpaired) electrons. The maximum atomic E-state index is 10.2. The molecule has 0 aliphatic carbocycles. The number of allylic oxidation sites excluding steroid dienone is 1. The van der Waals surface area contributed by atoms with Crippen LogP contribution in [0.25, 0.3) is 0 Å². The number of fused-ring (bicyclic) bond motifs is 1. The zero-order chi connectivity index (χ0) is 7.19. The number of hydrogen-bond acceptors (Lipinski definition) is 4. The summed E-state index contributed by atoms with van der Waals surface area (Å²) in [7, 11) is 0. The quantitative estimate of drug-likeness (QED) is 0.379. The largest absolute Gasteiger partial charge is 0.449 e. The number of aldehydes is 2. The number of epoxide rings is 1. The molecule has 0 spiro atoms. The van der Waals surface area contributed by atoms with Crippen LogP contribution in [0, 0.1) is 0 Å². The van der Waals surface area contributed by atoms with Gasteiger partial charge in [-0.05, 0) is 6.08 Å². The van der Waals surface area contributed by atoms with Gasteiger partial charge in [-0.25, -0.2) is 0 Å². The van der Waals surface area contributed by atoms with Gasteiger partial charge in [-0.1, -0.05) is 0 Å². The summed E-state index contributed by atoms with van der Waals surface area (Å²) in [4.78, 5) is 20.3. The molecule has 2 aliphatic rings. The van der Waals surface area contributed by atoms with E-state index in [2.05, 4.69) is 0 Å². The van der Waals surface area contributed by atoms with Crippen LogP contribution in [-0.2, 0) is 19.1 Å². The fraction of sp³-hybridized carbons (Fsp3) is 0.333. The van der Waals surface area contributed by atoms with Gasteiger partial charge < -0.3 is 9.47 Å². The van der Waals surface area contributed by atoms with Gasteiger partial charge in [0.25, 0.3) is 5.79 Å². The van der Waals surface area contributed by atoms with Crippen LogP contribution in [0.5, 0.6) is 0 Å². The van der Waals surface area contributed by atoms with Gasteiger partial charge >= 0.3 is 0 Å². The second-order valence-electron chi connectivity index (χ2n) is 2.17. The topological polar surface area (TPSA) is 55.9 Å². The number of carbonyl (C=O) groups is 2. The molecule has 0 amide bonds. The second kappa shape index (κ2) is 1.46. The van der Waals surface area contributed by atoms with Crippen molar-refractivity contribution in [3.8, 4) is 0 Å². The summed E-state index contributed by atoms with van der Waals surface area (Å²) < 4.78 is 9.62. The molecule has 1 fully saturated rings. The fourth-order valence-corrected chi connectivity index (χ4v) is 0.946. The predicted molar refractivity (Wildman–Crippen MR) is 28.9 cm³/mol. The molecule has 4 heteroatoms. The van der Waals surface area contributed by atoms with Gasteiger partial charge in [0.15, 0.2) is 24.4 Å². The second-order valence-corrected chi connectivity index (χ2v) is 2.17. The maximum absolute atomic E-state index is 10.2. The van der Waals surface area contributed by atoms with Crippen molar-refractivity contribution < 1.29 is 19.1 Å². The van der Waals surface area contributed by atoms with Crippen molar-refractivity contribution in [3.63, 3.8) is 0 Å². The lowest BCUT2D eigenvalue weighted by Gasteiger charge is -2.01. The van der Waals surface area contributed by atoms with Crippen LogP contribution >= 0.6 is 0 Å². The van der Waals surface area contributed by atoms with E-state index in [0.717, 1.165) is 0 Å². The number of ether oxygens (including phenoxy) is 2. The van der Waals surface area contributed by atoms with Crippen LogP contribution in [-0.4, -0.2) is 24.5 Å². The van der Waals surface area contributed by atoms with E-state index >= 15 is 0 Å². The molecule has 10 heavy (non-hydrogen) atoms. The van der Waals surface area contributed by atoms with E-state index in [0.29, 0.717) is 12.6 Å². The first-order valence-corrected chi connectivity index (χ1v) is 2.81. The number of carbonyl (C=O) groups excluding carboxylic acids is 2. The standard InChI is InChI=1S/C6H4O4/c7-2-4-1-5-6(3-8,9-4)10-5/h1-3,5H. The Kier molecular flexibility index (Phi) is 0.820. The minimum absolute atomic E-state index is 0.184. The molecule has 0 aromatic rings. The summed E-state index contributed by atoms with van der Waals surface area (Å²) in [6, 6.07) is 0. The fourth-order valence-electron chi connectivity index (χ4n) is 0.946. The zero-order valence-corrected chi connectivity index (χ0v) is 4.94. The minimum atomic E-state index is -1.13. The molecular weight excluding hydrogens is 136 g/mol. The summed E-state index contributed by atoms with van der Waals surface area (Å²) in [5, 5.41) is 0. The summed E-state index contributed by atoms with van der Waals surface area (Å²) in [6.45, 7) is 0. The zero-order valence-electron chi connectivity index (χ0n) is 4.94. The van der Waals surface area contributed by atoms with E-state index in [1.807, 2.05) is 0 Å². The van der Waals surface area contributed by atoms with Crippen LogP contribution in [0.2, 0.25) is 0 Å². The smallest absolute Gasteiger partial charge is 0.299 e. The SMILES string of the molecule is O=CC1=CC2OC2(C=O)O1. The highest BCUT2D eigenvalue weighted by Crippen LogP contribution is 2.43. The van der Waals surface area contributed by atoms with Gasteiger partial charge in [-0.2, -0.15) is 0 Å². The van der Waals surface area contributed by atoms with Gasteiger partial charge in [0.05, 0.1) is 0 Å². The van der Waals surface area contributed by atoms with Gasteiger partial charge in [-0.15, -0.1) is 0 Å². The molecule has 2 heterocycles. The lowest BCUT2D eigenvalue weighted by Crippen LogP contribution is -2.15. The Bertz CT molecular complexity index is 232. The van der Waals surface area contributed by atoms with Crippen molar-refractivity contribution in [2.75, 3.05) is 0 Å². The molecule has 4 nitrogen and oxygen atoms in total. The van der Waals surface area contributed by atoms with Crippen LogP contribution in [0.3, 0.4) is 0 Å². The first kappa shape index (κ1) is 5.61. The van der Waals surface area contributed by atoms with E-state index in [-0.39, 0.29) is 11.9 Å². The average molecular weight is 140 g/mol. The summed E-state index contributed by atoms with van der Waals surface area (Å²) in [5.74, 6) is -0.945. The summed E-state index contributed by atoms with van der Waals surface area (Å²) in [5.41, 5.74) is 0. The molecule has 0 saturated carbocycles. The Labute approximate surface area is 56.4 Å². The van der Waals surface area contributed by atoms with Crippen molar-refractivity contribution in [1.29, 1.82) is 0 Å². The first-order chi connectivity index (χ1) is 4.80. The number of rotatable bonds is 2. The molecule has 2 rings (SSSR count). The van der Waals surface area contributed by atoms with E-state index < -0.39 is 5.79 Å². The third kappa shape index (κ3) is 0.489. The summed E-state index contributed by atoms with van der Waals surface area (Å²) >= 11 is 0. The van der Waals surface area contributed by atoms with Crippen molar-refractivity contribution in [3.05, 3.63) is 11.8 Å². The van der Waals surface area contributed by atoms with Crippen molar-refractivity contribution in [2.45, 2.75) is 11.9 Å². The Morgan fingerprint density at radius 1 is 1.60 bits per heavy atom. The van der Waals surface area contributed by atoms with Gasteiger partial charge in [0.2, 0.25) is 0 Å². The third-order valence-electron chi connectivity index (χ3n) is 1.52. The first-order valence-electron chi connectivity index (χ1n) is 2.81. The molecule has 2 atom stereocenters. The Balaban J connectivity index is 2.20. The van der Waals surface area contributed by atoms with Crippen molar-refractivity contribution >= 4 is 12.6 Å². The average Bonchev–Trinajstić information content (AvgIpc) is 2.55. The van der Waals surface area contributed by atoms with Crippen LogP contribution in [0.15, 0.2) is 11.8 Å². The molecule has 0 aromatic heterocycles. The molecule has 2 unspecified atom stereocenters. The highest BCUT2D eigenvalue weighted by atomic mass is 16.8. The predicted octanol–water partition coefficient (Wildman–Crippen LogP) is -0.607. The van der Waals surface area contributed by atoms with Crippen LogP contribution in [0.4, 0.5) is 0 Å². The Morgan fingerprint density at radius 2 is 2.40 bits per heavy atom. The van der Waals surface area contributed by atoms with E-state index in [9.17, 15) is 9.59 Å². The van der Waals surface area contributed by atoms with Crippen molar-refractivity contribution in [2.24, 2.45) is 0 Å². The maximum Gasteiger partial charge on any atom is 0.299 e. The van der Waals surface area contributed by atoms with E-state index in [4.69, 9.17) is 9.47 Å². The molecule has 1 saturated heterocycles. The van der Waals surface area contributed by atoms with Crippen molar-refractivity contribution in [1.82, 2.24) is 0 Å².